The zero-order valence-electron chi connectivity index (χ0n) is 13.5. The van der Waals surface area contributed by atoms with Crippen LogP contribution in [0.1, 0.15) is 44.7 Å². The fourth-order valence-corrected chi connectivity index (χ4v) is 3.40. The van der Waals surface area contributed by atoms with E-state index >= 15 is 0 Å². The van der Waals surface area contributed by atoms with Crippen LogP contribution in [-0.2, 0) is 13.1 Å². The molecular weight excluding hydrogens is 302 g/mol. The van der Waals surface area contributed by atoms with Crippen molar-refractivity contribution in [3.63, 3.8) is 0 Å². The number of carbonyl (C=O) groups is 2. The van der Waals surface area contributed by atoms with Gasteiger partial charge in [0.15, 0.2) is 11.6 Å². The average Bonchev–Trinajstić information content (AvgIpc) is 3.03. The molecule has 2 aliphatic heterocycles. The Kier molecular flexibility index (Phi) is 3.90. The Hall–Kier alpha value is -2.46. The van der Waals surface area contributed by atoms with E-state index in [1.807, 2.05) is 0 Å². The molecule has 4 rings (SSSR count). The maximum Gasteiger partial charge on any atom is 0.170 e. The first kappa shape index (κ1) is 15.1. The van der Waals surface area contributed by atoms with Gasteiger partial charge in [-0.25, -0.2) is 0 Å². The van der Waals surface area contributed by atoms with E-state index in [4.69, 9.17) is 4.74 Å². The Morgan fingerprint density at radius 3 is 2.58 bits per heavy atom. The largest absolute Gasteiger partial charge is 0.492 e. The van der Waals surface area contributed by atoms with E-state index in [2.05, 4.69) is 29.2 Å². The SMILES string of the molecule is O=C(CCN1Cc2ccccc2C1)c1ccc2c(c1)C(=O)CCO2. The molecule has 2 aromatic carbocycles. The number of hydrogen-bond donors (Lipinski definition) is 0. The van der Waals surface area contributed by atoms with E-state index in [1.54, 1.807) is 18.2 Å². The predicted molar refractivity (Wildman–Crippen MR) is 90.4 cm³/mol. The van der Waals surface area contributed by atoms with E-state index in [0.29, 0.717) is 36.3 Å². The molecule has 0 bridgehead atoms. The van der Waals surface area contributed by atoms with Crippen LogP contribution < -0.4 is 4.74 Å². The van der Waals surface area contributed by atoms with Gasteiger partial charge in [-0.05, 0) is 29.3 Å². The molecule has 0 radical (unpaired) electrons. The number of fused-ring (bicyclic) bond motifs is 2. The van der Waals surface area contributed by atoms with Crippen LogP contribution in [0.15, 0.2) is 42.5 Å². The molecule has 24 heavy (non-hydrogen) atoms. The van der Waals surface area contributed by atoms with Crippen LogP contribution >= 0.6 is 0 Å². The minimum Gasteiger partial charge on any atom is -0.492 e. The Balaban J connectivity index is 1.41. The van der Waals surface area contributed by atoms with E-state index in [9.17, 15) is 9.59 Å². The minimum atomic E-state index is 0.0564. The van der Waals surface area contributed by atoms with Gasteiger partial charge in [0, 0.05) is 38.0 Å². The van der Waals surface area contributed by atoms with E-state index < -0.39 is 0 Å². The molecule has 0 unspecified atom stereocenters. The third-order valence-electron chi connectivity index (χ3n) is 4.75. The number of nitrogens with zero attached hydrogens (tertiary/aromatic N) is 1. The van der Waals surface area contributed by atoms with Crippen molar-refractivity contribution >= 4 is 11.6 Å². The van der Waals surface area contributed by atoms with Crippen LogP contribution in [0.3, 0.4) is 0 Å². The third kappa shape index (κ3) is 2.85. The number of ether oxygens (including phenoxy) is 1. The highest BCUT2D eigenvalue weighted by Gasteiger charge is 2.22. The summed E-state index contributed by atoms with van der Waals surface area (Å²) in [5, 5.41) is 0. The second-order valence-corrected chi connectivity index (χ2v) is 6.39. The highest BCUT2D eigenvalue weighted by atomic mass is 16.5. The third-order valence-corrected chi connectivity index (χ3v) is 4.75. The van der Waals surface area contributed by atoms with E-state index in [-0.39, 0.29) is 11.6 Å². The summed E-state index contributed by atoms with van der Waals surface area (Å²) in [7, 11) is 0. The molecule has 0 spiro atoms. The van der Waals surface area contributed by atoms with Crippen LogP contribution in [0.4, 0.5) is 0 Å². The molecule has 0 aromatic heterocycles. The highest BCUT2D eigenvalue weighted by Crippen LogP contribution is 2.27. The van der Waals surface area contributed by atoms with Gasteiger partial charge in [0.1, 0.15) is 5.75 Å². The molecule has 2 heterocycles. The fraction of sp³-hybridized carbons (Fsp3) is 0.300. The molecule has 0 N–H and O–H groups in total. The van der Waals surface area contributed by atoms with Crippen molar-refractivity contribution in [2.45, 2.75) is 25.9 Å². The van der Waals surface area contributed by atoms with Gasteiger partial charge in [-0.1, -0.05) is 24.3 Å². The van der Waals surface area contributed by atoms with E-state index in [0.717, 1.165) is 19.6 Å². The number of benzene rings is 2. The van der Waals surface area contributed by atoms with Crippen molar-refractivity contribution < 1.29 is 14.3 Å². The topological polar surface area (TPSA) is 46.6 Å². The van der Waals surface area contributed by atoms with Crippen molar-refractivity contribution in [2.75, 3.05) is 13.2 Å². The number of ketones is 2. The molecule has 2 aliphatic rings. The van der Waals surface area contributed by atoms with Gasteiger partial charge < -0.3 is 4.74 Å². The van der Waals surface area contributed by atoms with Crippen LogP contribution in [0.2, 0.25) is 0 Å². The molecule has 4 nitrogen and oxygen atoms in total. The smallest absolute Gasteiger partial charge is 0.170 e. The highest BCUT2D eigenvalue weighted by molar-refractivity contribution is 6.03. The zero-order chi connectivity index (χ0) is 16.5. The first-order chi connectivity index (χ1) is 11.7. The van der Waals surface area contributed by atoms with Crippen molar-refractivity contribution in [1.29, 1.82) is 0 Å². The Labute approximate surface area is 141 Å². The number of Topliss-reactive ketones (excluding diaryl/α,β-unsaturated/α-hetero) is 2. The van der Waals surface area contributed by atoms with Crippen LogP contribution in [0.5, 0.6) is 5.75 Å². The van der Waals surface area contributed by atoms with Gasteiger partial charge in [0.2, 0.25) is 0 Å². The minimum absolute atomic E-state index is 0.0564. The summed E-state index contributed by atoms with van der Waals surface area (Å²) in [4.78, 5) is 26.7. The van der Waals surface area contributed by atoms with Crippen molar-refractivity contribution in [3.05, 3.63) is 64.7 Å². The molecule has 0 atom stereocenters. The number of hydrogen-bond acceptors (Lipinski definition) is 4. The fourth-order valence-electron chi connectivity index (χ4n) is 3.40. The molecule has 0 aliphatic carbocycles. The Morgan fingerprint density at radius 1 is 1.08 bits per heavy atom. The van der Waals surface area contributed by atoms with Gasteiger partial charge in [0.05, 0.1) is 12.2 Å². The molecule has 122 valence electrons. The number of carbonyl (C=O) groups excluding carboxylic acids is 2. The summed E-state index contributed by atoms with van der Waals surface area (Å²) in [6, 6.07) is 13.6. The average molecular weight is 321 g/mol. The second kappa shape index (κ2) is 6.21. The maximum atomic E-state index is 12.5. The van der Waals surface area contributed by atoms with E-state index in [1.165, 1.54) is 11.1 Å². The predicted octanol–water partition coefficient (Wildman–Crippen LogP) is 3.24. The summed E-state index contributed by atoms with van der Waals surface area (Å²) < 4.78 is 5.47. The van der Waals surface area contributed by atoms with Crippen molar-refractivity contribution in [3.8, 4) is 5.75 Å². The van der Waals surface area contributed by atoms with Crippen molar-refractivity contribution in [2.24, 2.45) is 0 Å². The Bertz CT molecular complexity index is 787. The summed E-state index contributed by atoms with van der Waals surface area (Å²) in [5.74, 6) is 0.728. The van der Waals surface area contributed by atoms with Gasteiger partial charge in [0.25, 0.3) is 0 Å². The summed E-state index contributed by atoms with van der Waals surface area (Å²) >= 11 is 0. The van der Waals surface area contributed by atoms with Crippen LogP contribution in [0, 0.1) is 0 Å². The molecule has 2 aromatic rings. The standard InChI is InChI=1S/C20H19NO3/c22-18(7-9-21-12-15-3-1-2-4-16(15)13-21)14-5-6-20-17(11-14)19(23)8-10-24-20/h1-6,11H,7-10,12-13H2. The van der Waals surface area contributed by atoms with Gasteiger partial charge in [-0.3, -0.25) is 14.5 Å². The quantitative estimate of drug-likeness (QED) is 0.811. The lowest BCUT2D eigenvalue weighted by Crippen LogP contribution is -2.21. The summed E-state index contributed by atoms with van der Waals surface area (Å²) in [6.07, 6.45) is 0.846. The Morgan fingerprint density at radius 2 is 1.83 bits per heavy atom. The maximum absolute atomic E-state index is 12.5. The first-order valence-corrected chi connectivity index (χ1v) is 8.33. The van der Waals surface area contributed by atoms with Crippen LogP contribution in [-0.4, -0.2) is 29.6 Å². The zero-order valence-corrected chi connectivity index (χ0v) is 13.5. The summed E-state index contributed by atoms with van der Waals surface area (Å²) in [5.41, 5.74) is 3.84. The summed E-state index contributed by atoms with van der Waals surface area (Å²) in [6.45, 7) is 2.96. The lowest BCUT2D eigenvalue weighted by atomic mass is 9.99. The van der Waals surface area contributed by atoms with Crippen molar-refractivity contribution in [1.82, 2.24) is 4.90 Å². The second-order valence-electron chi connectivity index (χ2n) is 6.39. The van der Waals surface area contributed by atoms with Gasteiger partial charge in [-0.15, -0.1) is 0 Å². The molecule has 4 heteroatoms. The molecule has 0 saturated carbocycles. The normalized spacial score (nSPS) is 16.4. The monoisotopic (exact) mass is 321 g/mol. The molecule has 0 fully saturated rings. The number of rotatable bonds is 4. The lowest BCUT2D eigenvalue weighted by molar-refractivity contribution is 0.0933. The van der Waals surface area contributed by atoms with Crippen LogP contribution in [0.25, 0.3) is 0 Å². The molecule has 0 amide bonds. The lowest BCUT2D eigenvalue weighted by Gasteiger charge is -2.17. The molecular formula is C20H19NO3. The first-order valence-electron chi connectivity index (χ1n) is 8.33. The van der Waals surface area contributed by atoms with Gasteiger partial charge in [-0.2, -0.15) is 0 Å². The van der Waals surface area contributed by atoms with Gasteiger partial charge >= 0.3 is 0 Å². The molecule has 0 saturated heterocycles.